The van der Waals surface area contributed by atoms with Gasteiger partial charge in [-0.05, 0) is 30.2 Å². The molecule has 0 fully saturated rings. The van der Waals surface area contributed by atoms with Crippen molar-refractivity contribution in [1.82, 2.24) is 0 Å². The number of anilines is 1. The molecule has 0 aliphatic carbocycles. The van der Waals surface area contributed by atoms with Crippen LogP contribution in [0.2, 0.25) is 0 Å². The van der Waals surface area contributed by atoms with Crippen molar-refractivity contribution in [3.63, 3.8) is 0 Å². The number of benzene rings is 1. The molecule has 1 amide bonds. The fourth-order valence-corrected chi connectivity index (χ4v) is 1.93. The molecule has 0 bridgehead atoms. The zero-order chi connectivity index (χ0) is 12.8. The molecule has 1 heterocycles. The van der Waals surface area contributed by atoms with Crippen LogP contribution in [0.3, 0.4) is 0 Å². The second kappa shape index (κ2) is 6.61. The first-order valence-corrected chi connectivity index (χ1v) is 6.52. The summed E-state index contributed by atoms with van der Waals surface area (Å²) in [4.78, 5) is 11.2. The van der Waals surface area contributed by atoms with Crippen LogP contribution in [0.25, 0.3) is 0 Å². The number of hydrogen-bond acceptors (Lipinski definition) is 3. The van der Waals surface area contributed by atoms with Crippen molar-refractivity contribution in [3.05, 3.63) is 23.8 Å². The quantitative estimate of drug-likeness (QED) is 0.636. The van der Waals surface area contributed by atoms with Crippen LogP contribution in [0.5, 0.6) is 5.75 Å². The Balaban J connectivity index is 1.85. The molecule has 1 aromatic rings. The summed E-state index contributed by atoms with van der Waals surface area (Å²) in [6, 6.07) is 5.70. The summed E-state index contributed by atoms with van der Waals surface area (Å²) < 4.78 is 10.8. The van der Waals surface area contributed by atoms with Crippen molar-refractivity contribution in [3.8, 4) is 5.75 Å². The molecule has 2 rings (SSSR count). The minimum atomic E-state index is 0.0747. The number of halogens is 1. The minimum absolute atomic E-state index is 0.0747. The van der Waals surface area contributed by atoms with E-state index in [1.165, 1.54) is 0 Å². The largest absolute Gasteiger partial charge is 0.491 e. The van der Waals surface area contributed by atoms with E-state index in [4.69, 9.17) is 21.1 Å². The van der Waals surface area contributed by atoms with Gasteiger partial charge in [-0.3, -0.25) is 4.79 Å². The van der Waals surface area contributed by atoms with Gasteiger partial charge in [-0.2, -0.15) is 0 Å². The molecule has 0 saturated carbocycles. The van der Waals surface area contributed by atoms with Crippen LogP contribution < -0.4 is 10.1 Å². The molecule has 4 nitrogen and oxygen atoms in total. The third kappa shape index (κ3) is 3.62. The maximum atomic E-state index is 11.2. The summed E-state index contributed by atoms with van der Waals surface area (Å²) in [6.07, 6.45) is 1.30. The van der Waals surface area contributed by atoms with Crippen LogP contribution in [0.1, 0.15) is 12.0 Å². The van der Waals surface area contributed by atoms with E-state index in [1.54, 1.807) is 0 Å². The zero-order valence-electron chi connectivity index (χ0n) is 10.1. The standard InChI is InChI=1S/C13H16ClNO3/c14-5-6-17-7-8-18-11-2-3-12-10(9-11)1-4-13(16)15-12/h2-3,9H,1,4-8H2,(H,15,16). The Morgan fingerprint density at radius 3 is 2.94 bits per heavy atom. The van der Waals surface area contributed by atoms with E-state index in [-0.39, 0.29) is 5.91 Å². The number of carbonyl (C=O) groups is 1. The molecule has 0 saturated heterocycles. The smallest absolute Gasteiger partial charge is 0.224 e. The number of carbonyl (C=O) groups excluding carboxylic acids is 1. The second-order valence-electron chi connectivity index (χ2n) is 4.02. The lowest BCUT2D eigenvalue weighted by molar-refractivity contribution is -0.116. The average Bonchev–Trinajstić information content (AvgIpc) is 2.38. The van der Waals surface area contributed by atoms with E-state index in [1.807, 2.05) is 18.2 Å². The van der Waals surface area contributed by atoms with Gasteiger partial charge in [0, 0.05) is 18.0 Å². The first-order valence-electron chi connectivity index (χ1n) is 5.99. The zero-order valence-corrected chi connectivity index (χ0v) is 10.8. The maximum absolute atomic E-state index is 11.2. The van der Waals surface area contributed by atoms with E-state index in [0.717, 1.165) is 23.4 Å². The van der Waals surface area contributed by atoms with Gasteiger partial charge in [0.05, 0.1) is 13.2 Å². The molecular formula is C13H16ClNO3. The number of aryl methyl sites for hydroxylation is 1. The molecule has 1 aliphatic heterocycles. The second-order valence-corrected chi connectivity index (χ2v) is 4.39. The van der Waals surface area contributed by atoms with E-state index in [0.29, 0.717) is 32.1 Å². The molecule has 1 aliphatic rings. The average molecular weight is 270 g/mol. The minimum Gasteiger partial charge on any atom is -0.491 e. The number of ether oxygens (including phenoxy) is 2. The summed E-state index contributed by atoms with van der Waals surface area (Å²) in [5, 5.41) is 2.84. The molecule has 98 valence electrons. The molecule has 0 radical (unpaired) electrons. The van der Waals surface area contributed by atoms with Gasteiger partial charge in [-0.25, -0.2) is 0 Å². The van der Waals surface area contributed by atoms with Gasteiger partial charge in [0.15, 0.2) is 0 Å². The highest BCUT2D eigenvalue weighted by atomic mass is 35.5. The fourth-order valence-electron chi connectivity index (χ4n) is 1.82. The highest BCUT2D eigenvalue weighted by Crippen LogP contribution is 2.26. The van der Waals surface area contributed by atoms with Crippen LogP contribution in [-0.4, -0.2) is 31.6 Å². The van der Waals surface area contributed by atoms with Crippen molar-refractivity contribution >= 4 is 23.2 Å². The van der Waals surface area contributed by atoms with Gasteiger partial charge in [0.25, 0.3) is 0 Å². The lowest BCUT2D eigenvalue weighted by Crippen LogP contribution is -2.18. The van der Waals surface area contributed by atoms with Crippen LogP contribution in [-0.2, 0) is 16.0 Å². The van der Waals surface area contributed by atoms with Gasteiger partial charge in [-0.15, -0.1) is 11.6 Å². The summed E-state index contributed by atoms with van der Waals surface area (Å²) in [5.41, 5.74) is 2.01. The highest BCUT2D eigenvalue weighted by Gasteiger charge is 2.14. The monoisotopic (exact) mass is 269 g/mol. The van der Waals surface area contributed by atoms with Crippen LogP contribution in [0.15, 0.2) is 18.2 Å². The SMILES string of the molecule is O=C1CCc2cc(OCCOCCCl)ccc2N1. The lowest BCUT2D eigenvalue weighted by Gasteiger charge is -2.17. The van der Waals surface area contributed by atoms with Gasteiger partial charge >= 0.3 is 0 Å². The number of alkyl halides is 1. The lowest BCUT2D eigenvalue weighted by atomic mass is 10.0. The summed E-state index contributed by atoms with van der Waals surface area (Å²) in [5.74, 6) is 1.38. The number of rotatable bonds is 6. The van der Waals surface area contributed by atoms with Gasteiger partial charge in [0.1, 0.15) is 12.4 Å². The molecule has 0 atom stereocenters. The Hall–Kier alpha value is -1.26. The molecule has 5 heteroatoms. The number of fused-ring (bicyclic) bond motifs is 1. The van der Waals surface area contributed by atoms with Gasteiger partial charge < -0.3 is 14.8 Å². The van der Waals surface area contributed by atoms with E-state index >= 15 is 0 Å². The van der Waals surface area contributed by atoms with Crippen LogP contribution in [0.4, 0.5) is 5.69 Å². The predicted molar refractivity (Wildman–Crippen MR) is 70.4 cm³/mol. The Kier molecular flexibility index (Phi) is 4.84. The molecule has 1 N–H and O–H groups in total. The Labute approximate surface area is 111 Å². The fraction of sp³-hybridized carbons (Fsp3) is 0.462. The Bertz CT molecular complexity index is 423. The summed E-state index contributed by atoms with van der Waals surface area (Å²) in [6.45, 7) is 1.57. The van der Waals surface area contributed by atoms with E-state index in [9.17, 15) is 4.79 Å². The molecule has 0 unspecified atom stereocenters. The first kappa shape index (κ1) is 13.2. The van der Waals surface area contributed by atoms with E-state index < -0.39 is 0 Å². The van der Waals surface area contributed by atoms with E-state index in [2.05, 4.69) is 5.32 Å². The normalized spacial score (nSPS) is 13.9. The van der Waals surface area contributed by atoms with Crippen molar-refractivity contribution in [1.29, 1.82) is 0 Å². The van der Waals surface area contributed by atoms with Crippen molar-refractivity contribution in [2.24, 2.45) is 0 Å². The van der Waals surface area contributed by atoms with Crippen molar-refractivity contribution < 1.29 is 14.3 Å². The summed E-state index contributed by atoms with van der Waals surface area (Å²) in [7, 11) is 0. The van der Waals surface area contributed by atoms with Crippen molar-refractivity contribution in [2.45, 2.75) is 12.8 Å². The van der Waals surface area contributed by atoms with Crippen LogP contribution >= 0.6 is 11.6 Å². The first-order chi connectivity index (χ1) is 8.79. The van der Waals surface area contributed by atoms with Gasteiger partial charge in [-0.1, -0.05) is 0 Å². The molecule has 18 heavy (non-hydrogen) atoms. The molecule has 0 spiro atoms. The number of hydrogen-bond donors (Lipinski definition) is 1. The maximum Gasteiger partial charge on any atom is 0.224 e. The highest BCUT2D eigenvalue weighted by molar-refractivity contribution is 6.17. The van der Waals surface area contributed by atoms with Gasteiger partial charge in [0.2, 0.25) is 5.91 Å². The predicted octanol–water partition coefficient (Wildman–Crippen LogP) is 2.21. The number of amides is 1. The Morgan fingerprint density at radius 2 is 2.11 bits per heavy atom. The third-order valence-corrected chi connectivity index (χ3v) is 2.84. The van der Waals surface area contributed by atoms with Crippen LogP contribution in [0, 0.1) is 0 Å². The van der Waals surface area contributed by atoms with Crippen molar-refractivity contribution in [2.75, 3.05) is 31.0 Å². The Morgan fingerprint density at radius 1 is 1.22 bits per heavy atom. The topological polar surface area (TPSA) is 47.6 Å². The third-order valence-electron chi connectivity index (χ3n) is 2.69. The molecule has 0 aromatic heterocycles. The molecule has 1 aromatic carbocycles. The molecular weight excluding hydrogens is 254 g/mol. The number of nitrogens with one attached hydrogen (secondary N) is 1. The summed E-state index contributed by atoms with van der Waals surface area (Å²) >= 11 is 5.49.